The zero-order chi connectivity index (χ0) is 23.4. The first-order valence-electron chi connectivity index (χ1n) is 10.3. The molecule has 1 aliphatic rings. The van der Waals surface area contributed by atoms with Crippen LogP contribution in [0, 0.1) is 0 Å². The van der Waals surface area contributed by atoms with Crippen LogP contribution in [0.4, 0.5) is 0 Å². The fourth-order valence-electron chi connectivity index (χ4n) is 3.40. The van der Waals surface area contributed by atoms with Gasteiger partial charge in [0, 0.05) is 12.3 Å². The van der Waals surface area contributed by atoms with Gasteiger partial charge in [0.25, 0.3) is 0 Å². The van der Waals surface area contributed by atoms with Crippen LogP contribution in [-0.2, 0) is 6.54 Å². The number of rotatable bonds is 4. The summed E-state index contributed by atoms with van der Waals surface area (Å²) in [5, 5.41) is 0. The normalized spacial score (nSPS) is 14.3. The highest BCUT2D eigenvalue weighted by Gasteiger charge is 2.23. The monoisotopic (exact) mass is 440 g/mol. The average Bonchev–Trinajstić information content (AvgIpc) is 3.13. The first kappa shape index (κ1) is 22.5. The molecule has 0 fully saturated rings. The zero-order valence-corrected chi connectivity index (χ0v) is 18.7. The lowest BCUT2D eigenvalue weighted by Crippen LogP contribution is -2.26. The standard InChI is InChI=1S/C17H15B2N3O3.C6H7NO/c1-9-8-24-15-12(23-2)5-10(6-13(15)25-9)7-22-16-11(20-17(22)19)3-4-14(18)21-16;1-8-6-4-2-3-5-7-6/h3-6,9H,7-8H2,1-2H3;2-5H,1H3. The minimum atomic E-state index is -0.0203. The fourth-order valence-corrected chi connectivity index (χ4v) is 3.40. The lowest BCUT2D eigenvalue weighted by atomic mass is 10.0. The Bertz CT molecular complexity index is 1250. The molecule has 1 atom stereocenters. The second-order valence-corrected chi connectivity index (χ2v) is 7.37. The summed E-state index contributed by atoms with van der Waals surface area (Å²) in [6.45, 7) is 2.90. The smallest absolute Gasteiger partial charge is 0.212 e. The Morgan fingerprint density at radius 1 is 1.09 bits per heavy atom. The number of fused-ring (bicyclic) bond motifs is 2. The largest absolute Gasteiger partial charge is 0.493 e. The van der Waals surface area contributed by atoms with Gasteiger partial charge in [-0.1, -0.05) is 6.07 Å². The van der Waals surface area contributed by atoms with E-state index in [1.54, 1.807) is 43.2 Å². The van der Waals surface area contributed by atoms with Gasteiger partial charge in [-0.25, -0.2) is 15.0 Å². The van der Waals surface area contributed by atoms with Crippen LogP contribution in [0.15, 0.2) is 48.7 Å². The summed E-state index contributed by atoms with van der Waals surface area (Å²) in [6.07, 6.45) is 1.67. The summed E-state index contributed by atoms with van der Waals surface area (Å²) >= 11 is 0. The van der Waals surface area contributed by atoms with Crippen molar-refractivity contribution in [2.45, 2.75) is 19.6 Å². The Morgan fingerprint density at radius 2 is 1.94 bits per heavy atom. The van der Waals surface area contributed by atoms with E-state index in [4.69, 9.17) is 34.6 Å². The number of aromatic nitrogens is 4. The van der Waals surface area contributed by atoms with E-state index in [2.05, 4.69) is 15.0 Å². The predicted octanol–water partition coefficient (Wildman–Crippen LogP) is 1.33. The second-order valence-electron chi connectivity index (χ2n) is 7.37. The van der Waals surface area contributed by atoms with Crippen molar-refractivity contribution in [1.82, 2.24) is 19.5 Å². The van der Waals surface area contributed by atoms with Crippen molar-refractivity contribution in [3.63, 3.8) is 0 Å². The third-order valence-electron chi connectivity index (χ3n) is 4.92. The fraction of sp³-hybridized carbons (Fsp3) is 0.261. The van der Waals surface area contributed by atoms with Crippen LogP contribution in [0.5, 0.6) is 23.1 Å². The summed E-state index contributed by atoms with van der Waals surface area (Å²) in [4.78, 5) is 12.5. The molecule has 5 rings (SSSR count). The molecule has 0 amide bonds. The molecular weight excluding hydrogens is 418 g/mol. The Hall–Kier alpha value is -3.68. The van der Waals surface area contributed by atoms with Gasteiger partial charge < -0.3 is 23.5 Å². The van der Waals surface area contributed by atoms with Gasteiger partial charge in [-0.05, 0) is 48.4 Å². The lowest BCUT2D eigenvalue weighted by Gasteiger charge is -2.26. The van der Waals surface area contributed by atoms with Gasteiger partial charge >= 0.3 is 0 Å². The number of hydrogen-bond acceptors (Lipinski definition) is 7. The maximum Gasteiger partial charge on any atom is 0.212 e. The maximum absolute atomic E-state index is 6.07. The average molecular weight is 440 g/mol. The SMILES string of the molecule is COc1ccccn1.[B]c1ccc2nc([B])n(Cc3cc(OC)c4c(c3)OC(C)CO4)c2n1. The molecule has 0 aliphatic carbocycles. The Morgan fingerprint density at radius 3 is 2.64 bits per heavy atom. The number of imidazole rings is 1. The number of benzene rings is 1. The van der Waals surface area contributed by atoms with E-state index in [0.717, 1.165) is 5.56 Å². The Labute approximate surface area is 194 Å². The first-order chi connectivity index (χ1) is 16.0. The molecule has 164 valence electrons. The van der Waals surface area contributed by atoms with Crippen LogP contribution in [0.2, 0.25) is 0 Å². The molecule has 1 aliphatic heterocycles. The molecule has 0 N–H and O–H groups in total. The molecule has 33 heavy (non-hydrogen) atoms. The van der Waals surface area contributed by atoms with Gasteiger partial charge in [-0.2, -0.15) is 0 Å². The molecule has 4 radical (unpaired) electrons. The number of hydrogen-bond donors (Lipinski definition) is 0. The quantitative estimate of drug-likeness (QED) is 0.443. The van der Waals surface area contributed by atoms with E-state index >= 15 is 0 Å². The van der Waals surface area contributed by atoms with Gasteiger partial charge in [-0.3, -0.25) is 0 Å². The van der Waals surface area contributed by atoms with Crippen LogP contribution in [0.1, 0.15) is 12.5 Å². The van der Waals surface area contributed by atoms with E-state index in [1.807, 2.05) is 31.2 Å². The van der Waals surface area contributed by atoms with Gasteiger partial charge in [-0.15, -0.1) is 0 Å². The summed E-state index contributed by atoms with van der Waals surface area (Å²) in [6, 6.07) is 12.9. The zero-order valence-electron chi connectivity index (χ0n) is 18.7. The number of methoxy groups -OCH3 is 2. The first-order valence-corrected chi connectivity index (χ1v) is 10.3. The minimum Gasteiger partial charge on any atom is -0.493 e. The van der Waals surface area contributed by atoms with Gasteiger partial charge in [0.2, 0.25) is 11.6 Å². The molecule has 0 spiro atoms. The number of pyridine rings is 2. The minimum absolute atomic E-state index is 0.0203. The molecule has 3 aromatic heterocycles. The van der Waals surface area contributed by atoms with Crippen molar-refractivity contribution >= 4 is 38.2 Å². The van der Waals surface area contributed by atoms with Crippen LogP contribution in [0.3, 0.4) is 0 Å². The van der Waals surface area contributed by atoms with E-state index in [1.165, 1.54) is 0 Å². The molecule has 4 aromatic rings. The predicted molar refractivity (Wildman–Crippen MR) is 127 cm³/mol. The number of nitrogens with zero attached hydrogens (tertiary/aromatic N) is 4. The summed E-state index contributed by atoms with van der Waals surface area (Å²) in [5.41, 5.74) is 3.06. The third-order valence-corrected chi connectivity index (χ3v) is 4.92. The van der Waals surface area contributed by atoms with Crippen LogP contribution in [-0.4, -0.2) is 62.1 Å². The number of ether oxygens (including phenoxy) is 4. The Balaban J connectivity index is 0.000000275. The van der Waals surface area contributed by atoms with Crippen molar-refractivity contribution in [2.75, 3.05) is 20.8 Å². The molecule has 0 saturated heterocycles. The second kappa shape index (κ2) is 9.85. The maximum atomic E-state index is 6.07. The topological polar surface area (TPSA) is 80.5 Å². The van der Waals surface area contributed by atoms with Crippen LogP contribution in [0.25, 0.3) is 11.2 Å². The highest BCUT2D eigenvalue weighted by molar-refractivity contribution is 6.32. The van der Waals surface area contributed by atoms with Gasteiger partial charge in [0.1, 0.15) is 26.1 Å². The summed E-state index contributed by atoms with van der Waals surface area (Å²) in [7, 11) is 15.1. The van der Waals surface area contributed by atoms with E-state index in [-0.39, 0.29) is 6.10 Å². The van der Waals surface area contributed by atoms with E-state index in [9.17, 15) is 0 Å². The molecule has 8 nitrogen and oxygen atoms in total. The lowest BCUT2D eigenvalue weighted by molar-refractivity contribution is 0.100. The van der Waals surface area contributed by atoms with Crippen LogP contribution >= 0.6 is 0 Å². The van der Waals surface area contributed by atoms with E-state index < -0.39 is 0 Å². The highest BCUT2D eigenvalue weighted by Crippen LogP contribution is 2.41. The molecule has 1 unspecified atom stereocenters. The molecule has 10 heteroatoms. The third kappa shape index (κ3) is 5.05. The van der Waals surface area contributed by atoms with Crippen molar-refractivity contribution in [3.8, 4) is 23.1 Å². The molecule has 1 aromatic carbocycles. The summed E-state index contributed by atoms with van der Waals surface area (Å²) in [5.74, 6) is 2.56. The highest BCUT2D eigenvalue weighted by atomic mass is 16.6. The molecule has 4 heterocycles. The van der Waals surface area contributed by atoms with Gasteiger partial charge in [0.15, 0.2) is 25.0 Å². The molecule has 0 saturated carbocycles. The van der Waals surface area contributed by atoms with Crippen LogP contribution < -0.4 is 30.3 Å². The van der Waals surface area contributed by atoms with Crippen molar-refractivity contribution in [1.29, 1.82) is 0 Å². The molecule has 0 bridgehead atoms. The Kier molecular flexibility index (Phi) is 6.72. The summed E-state index contributed by atoms with van der Waals surface area (Å²) < 4.78 is 23.7. The van der Waals surface area contributed by atoms with Crippen molar-refractivity contribution in [3.05, 3.63) is 54.2 Å². The van der Waals surface area contributed by atoms with Crippen molar-refractivity contribution in [2.24, 2.45) is 0 Å². The van der Waals surface area contributed by atoms with E-state index in [0.29, 0.717) is 58.8 Å². The van der Waals surface area contributed by atoms with Crippen molar-refractivity contribution < 1.29 is 18.9 Å². The molecular formula is C23H22B2N4O4. The van der Waals surface area contributed by atoms with Gasteiger partial charge in [0.05, 0.1) is 26.5 Å².